The molecule has 0 bridgehead atoms. The van der Waals surface area contributed by atoms with Gasteiger partial charge in [-0.15, -0.1) is 0 Å². The van der Waals surface area contributed by atoms with Crippen LogP contribution in [0.2, 0.25) is 0 Å². The minimum Gasteiger partial charge on any atom is -0.486 e. The van der Waals surface area contributed by atoms with E-state index in [9.17, 15) is 9.59 Å². The van der Waals surface area contributed by atoms with E-state index in [2.05, 4.69) is 5.32 Å². The van der Waals surface area contributed by atoms with Crippen molar-refractivity contribution in [3.05, 3.63) is 77.1 Å². The summed E-state index contributed by atoms with van der Waals surface area (Å²) in [5.74, 6) is 0.448. The van der Waals surface area contributed by atoms with Gasteiger partial charge < -0.3 is 24.3 Å². The second-order valence-corrected chi connectivity index (χ2v) is 8.34. The number of amides is 2. The molecule has 2 aromatic carbocycles. The predicted molar refractivity (Wildman–Crippen MR) is 120 cm³/mol. The van der Waals surface area contributed by atoms with E-state index in [1.807, 2.05) is 49.1 Å². The monoisotopic (exact) mass is 431 g/mol. The highest BCUT2D eigenvalue weighted by molar-refractivity contribution is 6.04. The number of likely N-dealkylation sites (N-methyl/N-ethyl adjacent to an activating group) is 1. The molecule has 1 aromatic heterocycles. The van der Waals surface area contributed by atoms with Crippen molar-refractivity contribution in [2.75, 3.05) is 25.6 Å². The number of fused-ring (bicyclic) bond motifs is 2. The summed E-state index contributed by atoms with van der Waals surface area (Å²) in [5.41, 5.74) is 3.91. The summed E-state index contributed by atoms with van der Waals surface area (Å²) in [6.07, 6.45) is 3.99. The highest BCUT2D eigenvalue weighted by Gasteiger charge is 2.43. The van der Waals surface area contributed by atoms with Crippen LogP contribution in [0, 0.1) is 6.92 Å². The number of nitrogens with zero attached hydrogens (tertiary/aromatic N) is 2. The Morgan fingerprint density at radius 1 is 1.00 bits per heavy atom. The summed E-state index contributed by atoms with van der Waals surface area (Å²) in [6.45, 7) is 2.99. The van der Waals surface area contributed by atoms with Crippen molar-refractivity contribution >= 4 is 17.5 Å². The number of nitrogens with one attached hydrogen (secondary N) is 1. The molecule has 0 spiro atoms. The van der Waals surface area contributed by atoms with Gasteiger partial charge in [-0.3, -0.25) is 9.59 Å². The van der Waals surface area contributed by atoms with E-state index in [1.165, 1.54) is 0 Å². The summed E-state index contributed by atoms with van der Waals surface area (Å²) in [5, 5.41) is 3.04. The van der Waals surface area contributed by atoms with Gasteiger partial charge in [0.1, 0.15) is 13.2 Å². The van der Waals surface area contributed by atoms with Gasteiger partial charge in [-0.25, -0.2) is 0 Å². The number of ether oxygens (including phenoxy) is 2. The number of hydrogen-bond donors (Lipinski definition) is 1. The van der Waals surface area contributed by atoms with Crippen LogP contribution < -0.4 is 14.8 Å². The molecule has 2 aliphatic rings. The lowest BCUT2D eigenvalue weighted by molar-refractivity contribution is -0.119. The zero-order chi connectivity index (χ0) is 22.4. The maximum absolute atomic E-state index is 13.7. The second kappa shape index (κ2) is 7.75. The minimum absolute atomic E-state index is 0.0859. The molecular formula is C25H25N3O4. The smallest absolute Gasteiger partial charge is 0.254 e. The topological polar surface area (TPSA) is 72.8 Å². The molecule has 2 atom stereocenters. The van der Waals surface area contributed by atoms with Crippen molar-refractivity contribution in [3.63, 3.8) is 0 Å². The lowest BCUT2D eigenvalue weighted by atomic mass is 9.79. The molecule has 3 heterocycles. The van der Waals surface area contributed by atoms with Crippen molar-refractivity contribution < 1.29 is 19.1 Å². The fraction of sp³-hybridized carbons (Fsp3) is 0.280. The first-order valence-electron chi connectivity index (χ1n) is 10.6. The first-order valence-corrected chi connectivity index (χ1v) is 10.6. The van der Waals surface area contributed by atoms with Crippen LogP contribution in [0.1, 0.15) is 39.0 Å². The fourth-order valence-corrected chi connectivity index (χ4v) is 4.73. The van der Waals surface area contributed by atoms with Crippen molar-refractivity contribution in [2.24, 2.45) is 7.05 Å². The molecule has 2 aliphatic heterocycles. The summed E-state index contributed by atoms with van der Waals surface area (Å²) in [7, 11) is 3.71. The zero-order valence-electron chi connectivity index (χ0n) is 18.3. The summed E-state index contributed by atoms with van der Waals surface area (Å²) in [6, 6.07) is 12.3. The van der Waals surface area contributed by atoms with Crippen LogP contribution in [0.3, 0.4) is 0 Å². The Balaban J connectivity index is 1.56. The minimum atomic E-state index is -0.566. The fourth-order valence-electron chi connectivity index (χ4n) is 4.73. The Kier molecular flexibility index (Phi) is 4.89. The number of aromatic nitrogens is 1. The standard InChI is InChI=1S/C25H25N3O4/c1-15-13-27(2)14-19(15)23-22(17-6-4-5-7-18(17)25(30)28(23)3)24(29)26-16-8-9-20-21(12-16)32-11-10-31-20/h4-9,12-14,22-23H,10-11H2,1-3H3,(H,26,29). The third kappa shape index (κ3) is 3.30. The molecule has 2 amide bonds. The number of hydrogen-bond acceptors (Lipinski definition) is 4. The van der Waals surface area contributed by atoms with Crippen LogP contribution in [0.4, 0.5) is 5.69 Å². The first-order chi connectivity index (χ1) is 15.4. The lowest BCUT2D eigenvalue weighted by Gasteiger charge is -2.39. The molecule has 3 aromatic rings. The third-order valence-corrected chi connectivity index (χ3v) is 6.19. The zero-order valence-corrected chi connectivity index (χ0v) is 18.3. The molecule has 0 fully saturated rings. The maximum Gasteiger partial charge on any atom is 0.254 e. The Hall–Kier alpha value is -3.74. The molecule has 5 rings (SSSR count). The average Bonchev–Trinajstić information content (AvgIpc) is 3.13. The van der Waals surface area contributed by atoms with E-state index in [-0.39, 0.29) is 11.8 Å². The molecule has 164 valence electrons. The van der Waals surface area contributed by atoms with Gasteiger partial charge >= 0.3 is 0 Å². The molecule has 1 N–H and O–H groups in total. The van der Waals surface area contributed by atoms with Gasteiger partial charge in [0.15, 0.2) is 11.5 Å². The summed E-state index contributed by atoms with van der Waals surface area (Å²) in [4.78, 5) is 28.6. The van der Waals surface area contributed by atoms with E-state index >= 15 is 0 Å². The van der Waals surface area contributed by atoms with E-state index < -0.39 is 12.0 Å². The van der Waals surface area contributed by atoms with Crippen LogP contribution in [-0.2, 0) is 11.8 Å². The number of rotatable bonds is 3. The Morgan fingerprint density at radius 2 is 1.75 bits per heavy atom. The Bertz CT molecular complexity index is 1220. The van der Waals surface area contributed by atoms with Gasteiger partial charge in [0.05, 0.1) is 12.0 Å². The SMILES string of the molecule is Cc1cn(C)cc1C1C(C(=O)Nc2ccc3c(c2)OCCO3)c2ccccc2C(=O)N1C. The molecule has 2 unspecified atom stereocenters. The van der Waals surface area contributed by atoms with E-state index in [0.29, 0.717) is 36.0 Å². The van der Waals surface area contributed by atoms with Crippen LogP contribution in [0.5, 0.6) is 11.5 Å². The van der Waals surface area contributed by atoms with Gasteiger partial charge in [0, 0.05) is 43.8 Å². The predicted octanol–water partition coefficient (Wildman–Crippen LogP) is 3.65. The molecule has 0 saturated carbocycles. The first kappa shape index (κ1) is 20.2. The van der Waals surface area contributed by atoms with Crippen molar-refractivity contribution in [3.8, 4) is 11.5 Å². The molecule has 0 saturated heterocycles. The molecule has 0 radical (unpaired) electrons. The van der Waals surface area contributed by atoms with Crippen LogP contribution in [0.25, 0.3) is 0 Å². The van der Waals surface area contributed by atoms with Gasteiger partial charge in [-0.05, 0) is 41.8 Å². The largest absolute Gasteiger partial charge is 0.486 e. The molecule has 0 aliphatic carbocycles. The summed E-state index contributed by atoms with van der Waals surface area (Å²) < 4.78 is 13.2. The molecular weight excluding hydrogens is 406 g/mol. The Labute approximate surface area is 186 Å². The van der Waals surface area contributed by atoms with Gasteiger partial charge in [-0.2, -0.15) is 0 Å². The number of benzene rings is 2. The van der Waals surface area contributed by atoms with Crippen LogP contribution >= 0.6 is 0 Å². The normalized spacial score (nSPS) is 19.5. The van der Waals surface area contributed by atoms with Crippen molar-refractivity contribution in [1.82, 2.24) is 9.47 Å². The highest BCUT2D eigenvalue weighted by Crippen LogP contribution is 2.44. The number of carbonyl (C=O) groups is 2. The quantitative estimate of drug-likeness (QED) is 0.687. The summed E-state index contributed by atoms with van der Waals surface area (Å²) >= 11 is 0. The number of aryl methyl sites for hydroxylation is 2. The Morgan fingerprint density at radius 3 is 2.50 bits per heavy atom. The van der Waals surface area contributed by atoms with Gasteiger partial charge in [0.2, 0.25) is 5.91 Å². The molecule has 7 nitrogen and oxygen atoms in total. The van der Waals surface area contributed by atoms with Gasteiger partial charge in [0.25, 0.3) is 5.91 Å². The number of anilines is 1. The lowest BCUT2D eigenvalue weighted by Crippen LogP contribution is -2.44. The number of carbonyl (C=O) groups excluding carboxylic acids is 2. The van der Waals surface area contributed by atoms with Gasteiger partial charge in [-0.1, -0.05) is 18.2 Å². The van der Waals surface area contributed by atoms with Crippen LogP contribution in [-0.4, -0.2) is 41.5 Å². The van der Waals surface area contributed by atoms with Crippen LogP contribution in [0.15, 0.2) is 54.9 Å². The average molecular weight is 431 g/mol. The second-order valence-electron chi connectivity index (χ2n) is 8.34. The van der Waals surface area contributed by atoms with E-state index in [0.717, 1.165) is 16.7 Å². The maximum atomic E-state index is 13.7. The third-order valence-electron chi connectivity index (χ3n) is 6.19. The molecule has 32 heavy (non-hydrogen) atoms. The van der Waals surface area contributed by atoms with E-state index in [1.54, 1.807) is 36.2 Å². The van der Waals surface area contributed by atoms with Crippen molar-refractivity contribution in [2.45, 2.75) is 18.9 Å². The van der Waals surface area contributed by atoms with E-state index in [4.69, 9.17) is 9.47 Å². The molecule has 7 heteroatoms. The highest BCUT2D eigenvalue weighted by atomic mass is 16.6. The van der Waals surface area contributed by atoms with Crippen molar-refractivity contribution in [1.29, 1.82) is 0 Å².